The third-order valence-electron chi connectivity index (χ3n) is 6.63. The largest absolute Gasteiger partial charge is 0.511 e. The van der Waals surface area contributed by atoms with E-state index in [4.69, 9.17) is 19.9 Å². The van der Waals surface area contributed by atoms with Crippen LogP contribution in [0.15, 0.2) is 42.7 Å². The number of carboxylic acid groups (broad SMARTS) is 1. The van der Waals surface area contributed by atoms with Gasteiger partial charge in [0, 0.05) is 24.6 Å². The van der Waals surface area contributed by atoms with E-state index >= 15 is 0 Å². The average Bonchev–Trinajstić information content (AvgIpc) is 3.24. The van der Waals surface area contributed by atoms with Crippen molar-refractivity contribution >= 4 is 6.16 Å². The lowest BCUT2D eigenvalue weighted by molar-refractivity contribution is 0.144. The molecule has 34 heavy (non-hydrogen) atoms. The summed E-state index contributed by atoms with van der Waals surface area (Å²) >= 11 is 0. The first kappa shape index (κ1) is 23.9. The molecule has 0 bridgehead atoms. The van der Waals surface area contributed by atoms with E-state index in [2.05, 4.69) is 16.6 Å². The van der Waals surface area contributed by atoms with Gasteiger partial charge in [-0.2, -0.15) is 5.10 Å². The summed E-state index contributed by atoms with van der Waals surface area (Å²) in [6, 6.07) is 9.81. The summed E-state index contributed by atoms with van der Waals surface area (Å²) < 4.78 is 6.94. The molecule has 1 aliphatic rings. The summed E-state index contributed by atoms with van der Waals surface area (Å²) in [5.41, 5.74) is 2.69. The fraction of sp³-hybridized carbons (Fsp3) is 0.481. The second-order valence-electron chi connectivity index (χ2n) is 9.18. The van der Waals surface area contributed by atoms with Gasteiger partial charge >= 0.3 is 6.16 Å². The van der Waals surface area contributed by atoms with E-state index in [1.165, 1.54) is 44.7 Å². The van der Waals surface area contributed by atoms with Crippen molar-refractivity contribution in [3.63, 3.8) is 0 Å². The zero-order valence-electron chi connectivity index (χ0n) is 19.9. The first-order valence-corrected chi connectivity index (χ1v) is 12.5. The summed E-state index contributed by atoms with van der Waals surface area (Å²) in [5, 5.41) is 13.9. The first-order valence-electron chi connectivity index (χ1n) is 12.5. The van der Waals surface area contributed by atoms with Crippen LogP contribution < -0.4 is 4.74 Å². The Morgan fingerprint density at radius 2 is 1.91 bits per heavy atom. The van der Waals surface area contributed by atoms with Gasteiger partial charge < -0.3 is 9.84 Å². The average molecular weight is 463 g/mol. The number of unbranched alkanes of at least 4 members (excludes halogenated alkanes) is 1. The predicted octanol–water partition coefficient (Wildman–Crippen LogP) is 6.30. The lowest BCUT2D eigenvalue weighted by Gasteiger charge is -2.20. The molecule has 4 rings (SSSR count). The number of ether oxygens (including phenoxy) is 1. The number of nitrogens with zero attached hydrogens (tertiary/aromatic N) is 4. The highest BCUT2D eigenvalue weighted by Gasteiger charge is 2.16. The van der Waals surface area contributed by atoms with Gasteiger partial charge in [0.05, 0.1) is 12.7 Å². The minimum absolute atomic E-state index is 0.225. The fourth-order valence-corrected chi connectivity index (χ4v) is 4.74. The van der Waals surface area contributed by atoms with Gasteiger partial charge in [0.25, 0.3) is 0 Å². The minimum atomic E-state index is -1.35. The van der Waals surface area contributed by atoms with Crippen molar-refractivity contribution in [3.8, 4) is 16.9 Å². The molecule has 1 aliphatic carbocycles. The van der Waals surface area contributed by atoms with E-state index in [0.717, 1.165) is 54.4 Å². The molecule has 0 amide bonds. The molecular formula is C27H34N4O3. The van der Waals surface area contributed by atoms with E-state index < -0.39 is 6.16 Å². The summed E-state index contributed by atoms with van der Waals surface area (Å²) in [6.45, 7) is 2.87. The van der Waals surface area contributed by atoms with Crippen molar-refractivity contribution in [2.24, 2.45) is 5.92 Å². The maximum Gasteiger partial charge on any atom is 0.511 e. The SMILES string of the molecule is CCCCc1nc(CCC2CCCCC2)nn1Cc1ccc(-c2ccncc2OC(=O)O)cc1. The van der Waals surface area contributed by atoms with Gasteiger partial charge in [-0.3, -0.25) is 4.98 Å². The standard InChI is InChI=1S/C27H34N4O3/c1-2-3-9-26-29-25(15-12-20-7-5-4-6-8-20)30-31(26)19-21-10-13-22(14-11-21)23-16-17-28-18-24(23)34-27(32)33/h10-11,13-14,16-18,20H,2-9,12,15,19H2,1H3,(H,32,33). The van der Waals surface area contributed by atoms with Crippen LogP contribution in [0.5, 0.6) is 5.75 Å². The second-order valence-corrected chi connectivity index (χ2v) is 9.18. The molecule has 0 radical (unpaired) electrons. The molecule has 1 aromatic carbocycles. The van der Waals surface area contributed by atoms with Gasteiger partial charge in [0.2, 0.25) is 0 Å². The Morgan fingerprint density at radius 3 is 2.65 bits per heavy atom. The molecule has 7 heteroatoms. The highest BCUT2D eigenvalue weighted by molar-refractivity contribution is 5.73. The molecule has 7 nitrogen and oxygen atoms in total. The molecule has 0 unspecified atom stereocenters. The van der Waals surface area contributed by atoms with Gasteiger partial charge in [-0.1, -0.05) is 69.7 Å². The summed E-state index contributed by atoms with van der Waals surface area (Å²) in [5.74, 6) is 3.09. The van der Waals surface area contributed by atoms with Crippen molar-refractivity contribution in [2.75, 3.05) is 0 Å². The second kappa shape index (κ2) is 11.8. The van der Waals surface area contributed by atoms with Crippen LogP contribution in [0.1, 0.15) is 75.5 Å². The van der Waals surface area contributed by atoms with Gasteiger partial charge in [-0.15, -0.1) is 0 Å². The number of aryl methyl sites for hydroxylation is 2. The Hall–Kier alpha value is -3.22. The fourth-order valence-electron chi connectivity index (χ4n) is 4.74. The third kappa shape index (κ3) is 6.43. The number of rotatable bonds is 10. The third-order valence-corrected chi connectivity index (χ3v) is 6.63. The van der Waals surface area contributed by atoms with Gasteiger partial charge in [-0.25, -0.2) is 14.5 Å². The zero-order chi connectivity index (χ0) is 23.8. The molecule has 1 saturated carbocycles. The van der Waals surface area contributed by atoms with E-state index in [1.807, 2.05) is 24.3 Å². The lowest BCUT2D eigenvalue weighted by Crippen LogP contribution is -2.08. The monoisotopic (exact) mass is 462 g/mol. The Balaban J connectivity index is 1.47. The van der Waals surface area contributed by atoms with Crippen LogP contribution >= 0.6 is 0 Å². The topological polar surface area (TPSA) is 90.1 Å². The molecule has 1 N–H and O–H groups in total. The molecule has 0 atom stereocenters. The highest BCUT2D eigenvalue weighted by atomic mass is 16.7. The Kier molecular flexibility index (Phi) is 8.28. The number of carbonyl (C=O) groups is 1. The Bertz CT molecular complexity index is 1070. The molecule has 0 spiro atoms. The molecule has 0 saturated heterocycles. The molecular weight excluding hydrogens is 428 g/mol. The molecule has 2 heterocycles. The van der Waals surface area contributed by atoms with Crippen molar-refractivity contribution in [1.82, 2.24) is 19.7 Å². The van der Waals surface area contributed by atoms with Crippen molar-refractivity contribution < 1.29 is 14.6 Å². The maximum absolute atomic E-state index is 11.0. The van der Waals surface area contributed by atoms with Crippen LogP contribution in [0.2, 0.25) is 0 Å². The van der Waals surface area contributed by atoms with Gasteiger partial charge in [0.1, 0.15) is 5.82 Å². The van der Waals surface area contributed by atoms with Crippen LogP contribution in [0, 0.1) is 5.92 Å². The molecule has 0 aliphatic heterocycles. The molecule has 2 aromatic heterocycles. The zero-order valence-corrected chi connectivity index (χ0v) is 19.9. The summed E-state index contributed by atoms with van der Waals surface area (Å²) in [6.07, 6.45) is 13.9. The quantitative estimate of drug-likeness (QED) is 0.356. The van der Waals surface area contributed by atoms with Crippen molar-refractivity contribution in [1.29, 1.82) is 0 Å². The number of pyridine rings is 1. The van der Waals surface area contributed by atoms with Gasteiger partial charge in [0.15, 0.2) is 11.6 Å². The summed E-state index contributed by atoms with van der Waals surface area (Å²) in [7, 11) is 0. The van der Waals surface area contributed by atoms with E-state index in [0.29, 0.717) is 12.1 Å². The first-order chi connectivity index (χ1) is 16.6. The minimum Gasteiger partial charge on any atom is -0.449 e. The van der Waals surface area contributed by atoms with Crippen LogP contribution in [-0.2, 0) is 19.4 Å². The van der Waals surface area contributed by atoms with Gasteiger partial charge in [-0.05, 0) is 36.0 Å². The number of benzene rings is 1. The number of aromatic nitrogens is 4. The van der Waals surface area contributed by atoms with E-state index in [1.54, 1.807) is 12.3 Å². The molecule has 1 fully saturated rings. The Morgan fingerprint density at radius 1 is 1.12 bits per heavy atom. The lowest BCUT2D eigenvalue weighted by atomic mass is 9.86. The predicted molar refractivity (Wildman–Crippen MR) is 131 cm³/mol. The van der Waals surface area contributed by atoms with Crippen molar-refractivity contribution in [3.05, 3.63) is 59.9 Å². The number of hydrogen-bond acceptors (Lipinski definition) is 5. The van der Waals surface area contributed by atoms with Crippen molar-refractivity contribution in [2.45, 2.75) is 77.7 Å². The van der Waals surface area contributed by atoms with Crippen LogP contribution in [0.4, 0.5) is 4.79 Å². The Labute approximate surface area is 201 Å². The van der Waals surface area contributed by atoms with E-state index in [-0.39, 0.29) is 5.75 Å². The number of hydrogen-bond donors (Lipinski definition) is 1. The van der Waals surface area contributed by atoms with Crippen LogP contribution in [0.3, 0.4) is 0 Å². The summed E-state index contributed by atoms with van der Waals surface area (Å²) in [4.78, 5) is 19.9. The van der Waals surface area contributed by atoms with Crippen LogP contribution in [0.25, 0.3) is 11.1 Å². The smallest absolute Gasteiger partial charge is 0.449 e. The molecule has 180 valence electrons. The maximum atomic E-state index is 11.0. The van der Waals surface area contributed by atoms with Crippen LogP contribution in [-0.4, -0.2) is 31.0 Å². The van der Waals surface area contributed by atoms with E-state index in [9.17, 15) is 4.79 Å². The normalized spacial score (nSPS) is 14.3. The highest BCUT2D eigenvalue weighted by Crippen LogP contribution is 2.30. The molecule has 3 aromatic rings.